The third kappa shape index (κ3) is 2.65. The molecule has 0 aliphatic heterocycles. The topological polar surface area (TPSA) is 68.1 Å². The van der Waals surface area contributed by atoms with Crippen LogP contribution in [0.3, 0.4) is 0 Å². The van der Waals surface area contributed by atoms with Crippen LogP contribution in [0.2, 0.25) is 0 Å². The van der Waals surface area contributed by atoms with Crippen LogP contribution in [-0.4, -0.2) is 9.91 Å². The summed E-state index contributed by atoms with van der Waals surface area (Å²) in [4.78, 5) is 15.5. The Balaban J connectivity index is 2.09. The number of aromatic nitrogens is 1. The number of rotatable bonds is 4. The lowest BCUT2D eigenvalue weighted by atomic mass is 10.2. The minimum atomic E-state index is -0.421. The SMILES string of the molecule is Cc1cc(NCc2sccc2C)ncc1[N+](=O)[O-]. The van der Waals surface area contributed by atoms with Gasteiger partial charge >= 0.3 is 0 Å². The summed E-state index contributed by atoms with van der Waals surface area (Å²) in [5.41, 5.74) is 1.90. The van der Waals surface area contributed by atoms with Crippen LogP contribution in [0, 0.1) is 24.0 Å². The first-order valence-electron chi connectivity index (χ1n) is 5.46. The second kappa shape index (κ2) is 5.14. The summed E-state index contributed by atoms with van der Waals surface area (Å²) >= 11 is 1.68. The van der Waals surface area contributed by atoms with Gasteiger partial charge in [-0.2, -0.15) is 0 Å². The van der Waals surface area contributed by atoms with Crippen molar-refractivity contribution in [2.45, 2.75) is 20.4 Å². The molecule has 2 rings (SSSR count). The Hall–Kier alpha value is -1.95. The van der Waals surface area contributed by atoms with E-state index in [9.17, 15) is 10.1 Å². The molecule has 0 aliphatic carbocycles. The maximum atomic E-state index is 10.7. The number of nitrogens with one attached hydrogen (secondary N) is 1. The second-order valence-electron chi connectivity index (χ2n) is 3.99. The van der Waals surface area contributed by atoms with Gasteiger partial charge in [-0.1, -0.05) is 0 Å². The van der Waals surface area contributed by atoms with Crippen LogP contribution in [0.4, 0.5) is 11.5 Å². The monoisotopic (exact) mass is 263 g/mol. The summed E-state index contributed by atoms with van der Waals surface area (Å²) < 4.78 is 0. The Morgan fingerprint density at radius 2 is 2.22 bits per heavy atom. The van der Waals surface area contributed by atoms with Gasteiger partial charge in [0.25, 0.3) is 5.69 Å². The van der Waals surface area contributed by atoms with Crippen molar-refractivity contribution in [3.63, 3.8) is 0 Å². The molecule has 6 heteroatoms. The van der Waals surface area contributed by atoms with Crippen LogP contribution in [0.5, 0.6) is 0 Å². The molecular formula is C12H13N3O2S. The van der Waals surface area contributed by atoms with E-state index < -0.39 is 4.92 Å². The molecule has 94 valence electrons. The fourth-order valence-corrected chi connectivity index (χ4v) is 2.44. The summed E-state index contributed by atoms with van der Waals surface area (Å²) in [6.45, 7) is 4.46. The number of nitro groups is 1. The first-order chi connectivity index (χ1) is 8.58. The molecule has 18 heavy (non-hydrogen) atoms. The van der Waals surface area contributed by atoms with Gasteiger partial charge in [-0.15, -0.1) is 11.3 Å². The zero-order valence-electron chi connectivity index (χ0n) is 10.1. The highest BCUT2D eigenvalue weighted by Gasteiger charge is 2.11. The van der Waals surface area contributed by atoms with Gasteiger partial charge < -0.3 is 5.32 Å². The molecule has 1 N–H and O–H groups in total. The van der Waals surface area contributed by atoms with Gasteiger partial charge in [-0.25, -0.2) is 4.98 Å². The highest BCUT2D eigenvalue weighted by atomic mass is 32.1. The Bertz CT molecular complexity index is 580. The van der Waals surface area contributed by atoms with E-state index in [1.807, 2.05) is 5.38 Å². The molecule has 0 bridgehead atoms. The van der Waals surface area contributed by atoms with Crippen LogP contribution >= 0.6 is 11.3 Å². The van der Waals surface area contributed by atoms with Gasteiger partial charge in [0.15, 0.2) is 0 Å². The number of thiophene rings is 1. The normalized spacial score (nSPS) is 10.3. The molecule has 0 saturated heterocycles. The Morgan fingerprint density at radius 1 is 1.44 bits per heavy atom. The summed E-state index contributed by atoms with van der Waals surface area (Å²) in [6, 6.07) is 3.76. The third-order valence-corrected chi connectivity index (χ3v) is 3.70. The van der Waals surface area contributed by atoms with Crippen LogP contribution in [0.25, 0.3) is 0 Å². The largest absolute Gasteiger partial charge is 0.365 e. The lowest BCUT2D eigenvalue weighted by Crippen LogP contribution is -2.02. The predicted molar refractivity (Wildman–Crippen MR) is 72.0 cm³/mol. The van der Waals surface area contributed by atoms with Crippen LogP contribution in [-0.2, 0) is 6.54 Å². The third-order valence-electron chi connectivity index (χ3n) is 2.68. The molecule has 0 spiro atoms. The molecule has 0 aromatic carbocycles. The minimum Gasteiger partial charge on any atom is -0.365 e. The van der Waals surface area contributed by atoms with E-state index in [0.717, 1.165) is 0 Å². The standard InChI is InChI=1S/C12H13N3O2S/c1-8-3-4-18-11(8)7-14-12-5-9(2)10(6-13-12)15(16)17/h3-6H,7H2,1-2H3,(H,13,14). The average molecular weight is 263 g/mol. The summed E-state index contributed by atoms with van der Waals surface area (Å²) in [6.07, 6.45) is 1.29. The van der Waals surface area contributed by atoms with E-state index in [4.69, 9.17) is 0 Å². The fraction of sp³-hybridized carbons (Fsp3) is 0.250. The van der Waals surface area contributed by atoms with Gasteiger partial charge in [0.2, 0.25) is 0 Å². The van der Waals surface area contributed by atoms with E-state index in [1.165, 1.54) is 16.6 Å². The summed E-state index contributed by atoms with van der Waals surface area (Å²) in [7, 11) is 0. The molecule has 2 aromatic rings. The van der Waals surface area contributed by atoms with Crippen molar-refractivity contribution >= 4 is 22.8 Å². The van der Waals surface area contributed by atoms with E-state index >= 15 is 0 Å². The molecule has 5 nitrogen and oxygen atoms in total. The highest BCUT2D eigenvalue weighted by Crippen LogP contribution is 2.21. The smallest absolute Gasteiger partial charge is 0.290 e. The van der Waals surface area contributed by atoms with Crippen molar-refractivity contribution in [2.24, 2.45) is 0 Å². The van der Waals surface area contributed by atoms with Crippen molar-refractivity contribution in [3.05, 3.63) is 49.8 Å². The van der Waals surface area contributed by atoms with Crippen LogP contribution < -0.4 is 5.32 Å². The first kappa shape index (κ1) is 12.5. The predicted octanol–water partition coefficient (Wildman–Crippen LogP) is 3.28. The Labute approximate surface area is 109 Å². The molecule has 0 amide bonds. The van der Waals surface area contributed by atoms with Gasteiger partial charge in [0, 0.05) is 10.4 Å². The summed E-state index contributed by atoms with van der Waals surface area (Å²) in [5, 5.41) is 15.9. The molecule has 2 aromatic heterocycles. The lowest BCUT2D eigenvalue weighted by molar-refractivity contribution is -0.385. The number of anilines is 1. The molecule has 0 radical (unpaired) electrons. The van der Waals surface area contributed by atoms with E-state index in [0.29, 0.717) is 17.9 Å². The average Bonchev–Trinajstić information content (AvgIpc) is 2.72. The zero-order valence-corrected chi connectivity index (χ0v) is 11.0. The maximum absolute atomic E-state index is 10.7. The van der Waals surface area contributed by atoms with E-state index in [1.54, 1.807) is 24.3 Å². The van der Waals surface area contributed by atoms with Crippen molar-refractivity contribution < 1.29 is 4.92 Å². The molecular weight excluding hydrogens is 250 g/mol. The zero-order chi connectivity index (χ0) is 13.1. The minimum absolute atomic E-state index is 0.0489. The highest BCUT2D eigenvalue weighted by molar-refractivity contribution is 7.10. The molecule has 0 saturated carbocycles. The van der Waals surface area contributed by atoms with Gasteiger partial charge in [-0.3, -0.25) is 10.1 Å². The molecule has 0 atom stereocenters. The lowest BCUT2D eigenvalue weighted by Gasteiger charge is -2.06. The van der Waals surface area contributed by atoms with Crippen molar-refractivity contribution in [1.82, 2.24) is 4.98 Å². The first-order valence-corrected chi connectivity index (χ1v) is 6.34. The number of aryl methyl sites for hydroxylation is 2. The van der Waals surface area contributed by atoms with Crippen molar-refractivity contribution in [1.29, 1.82) is 0 Å². The molecule has 0 unspecified atom stereocenters. The maximum Gasteiger partial charge on any atom is 0.290 e. The van der Waals surface area contributed by atoms with Crippen molar-refractivity contribution in [3.8, 4) is 0 Å². The van der Waals surface area contributed by atoms with Crippen LogP contribution in [0.15, 0.2) is 23.7 Å². The van der Waals surface area contributed by atoms with Gasteiger partial charge in [-0.05, 0) is 36.9 Å². The van der Waals surface area contributed by atoms with Gasteiger partial charge in [0.1, 0.15) is 12.0 Å². The van der Waals surface area contributed by atoms with Crippen LogP contribution in [0.1, 0.15) is 16.0 Å². The van der Waals surface area contributed by atoms with Gasteiger partial charge in [0.05, 0.1) is 11.5 Å². The van der Waals surface area contributed by atoms with E-state index in [2.05, 4.69) is 23.3 Å². The molecule has 2 heterocycles. The van der Waals surface area contributed by atoms with E-state index in [-0.39, 0.29) is 5.69 Å². The number of hydrogen-bond acceptors (Lipinski definition) is 5. The molecule has 0 aliphatic rings. The fourth-order valence-electron chi connectivity index (χ4n) is 1.59. The Morgan fingerprint density at radius 3 is 2.78 bits per heavy atom. The number of hydrogen-bond donors (Lipinski definition) is 1. The quantitative estimate of drug-likeness (QED) is 0.679. The second-order valence-corrected chi connectivity index (χ2v) is 4.99. The number of nitrogens with zero attached hydrogens (tertiary/aromatic N) is 2. The molecule has 0 fully saturated rings. The number of pyridine rings is 1. The Kier molecular flexibility index (Phi) is 3.57. The van der Waals surface area contributed by atoms with Crippen molar-refractivity contribution in [2.75, 3.05) is 5.32 Å². The summed E-state index contributed by atoms with van der Waals surface area (Å²) in [5.74, 6) is 0.658.